The minimum absolute atomic E-state index is 0.0391. The Bertz CT molecular complexity index is 2850. The first-order chi connectivity index (χ1) is 29.3. The highest BCUT2D eigenvalue weighted by atomic mass is 32.1. The number of phosphoric ester groups is 2. The zero-order valence-corrected chi connectivity index (χ0v) is 39.3. The molecule has 8 unspecified atom stereocenters. The minimum atomic E-state index is -5.89. The summed E-state index contributed by atoms with van der Waals surface area (Å²) < 4.78 is 115. The number of nitrogens with zero attached hydrogens (tertiary/aromatic N) is 2. The molecule has 0 saturated carbocycles. The van der Waals surface area contributed by atoms with Gasteiger partial charge in [-0.2, -0.15) is 17.2 Å². The first-order valence-electron chi connectivity index (χ1n) is 17.2. The molecule has 0 spiro atoms. The van der Waals surface area contributed by atoms with Gasteiger partial charge in [-0.05, 0) is 24.4 Å². The van der Waals surface area contributed by atoms with Gasteiger partial charge < -0.3 is 77.8 Å². The maximum atomic E-state index is 12.5. The van der Waals surface area contributed by atoms with Crippen LogP contribution in [0.5, 0.6) is 5.75 Å². The standard InChI is InChI=1S/C27H34N2O26P6S3/c1-12-2-3-14-13(8-12)4-6-29(26(14)62)25-22(20(31)17(51-25)10-48-59(41,42)55-61(45,46)53-57(36,37)38)49-18-11-64-23-15(18)5-7-28(27(23)63)24-21(32)19(30)16(50-24)9-47-58(39,40)54-60(43,44)52-56(33,34)35/h2-8,11,16-17,19-22,24-25,30-32H,9-10H2,1H3,(H,39,40)(H,41,42)(H,43,44)(H,45,46)(H2,33,34,35)(H2,36,37,38)/t16-,17-,19?,20?,21?,22?,24-,25-/m1/s1. The predicted molar refractivity (Wildman–Crippen MR) is 218 cm³/mol. The molecule has 11 N–H and O–H groups in total. The number of hydrogen-bond acceptors (Lipinski definition) is 21. The van der Waals surface area contributed by atoms with E-state index in [1.165, 1.54) is 33.0 Å². The second-order valence-electron chi connectivity index (χ2n) is 13.4. The van der Waals surface area contributed by atoms with Crippen molar-refractivity contribution in [2.45, 2.75) is 56.0 Å². The molecule has 6 rings (SSSR count). The van der Waals surface area contributed by atoms with Gasteiger partial charge in [0.15, 0.2) is 18.6 Å². The number of pyridine rings is 2. The number of fused-ring (bicyclic) bond motifs is 2. The molecular weight excluding hydrogens is 1050 g/mol. The monoisotopic (exact) mass is 1080 g/mol. The van der Waals surface area contributed by atoms with E-state index in [9.17, 15) is 62.3 Å². The molecule has 0 amide bonds. The molecule has 12 atom stereocenters. The highest BCUT2D eigenvalue weighted by Crippen LogP contribution is 2.67. The third-order valence-electron chi connectivity index (χ3n) is 8.81. The van der Waals surface area contributed by atoms with Gasteiger partial charge in [-0.1, -0.05) is 48.2 Å². The topological polar surface area (TPSA) is 418 Å². The van der Waals surface area contributed by atoms with Crippen molar-refractivity contribution in [3.63, 3.8) is 0 Å². The molecule has 64 heavy (non-hydrogen) atoms. The van der Waals surface area contributed by atoms with Crippen LogP contribution >= 0.6 is 82.7 Å². The number of hydrogen-bond donors (Lipinski definition) is 11. The summed E-state index contributed by atoms with van der Waals surface area (Å²) in [6.45, 7) is -0.290. The predicted octanol–water partition coefficient (Wildman–Crippen LogP) is 3.44. The molecule has 356 valence electrons. The molecule has 5 heterocycles. The van der Waals surface area contributed by atoms with Crippen molar-refractivity contribution in [3.8, 4) is 5.75 Å². The van der Waals surface area contributed by atoms with Crippen LogP contribution < -0.4 is 4.74 Å². The van der Waals surface area contributed by atoms with Gasteiger partial charge in [-0.25, -0.2) is 27.4 Å². The Labute approximate surface area is 371 Å². The number of aliphatic hydroxyl groups is 3. The van der Waals surface area contributed by atoms with Crippen molar-refractivity contribution < 1.29 is 122 Å². The summed E-state index contributed by atoms with van der Waals surface area (Å²) in [5, 5.41) is 36.2. The molecule has 2 aliphatic heterocycles. The van der Waals surface area contributed by atoms with Crippen LogP contribution in [-0.2, 0) is 63.2 Å². The fourth-order valence-electron chi connectivity index (χ4n) is 6.28. The van der Waals surface area contributed by atoms with E-state index in [4.69, 9.17) is 62.7 Å². The fourth-order valence-corrected chi connectivity index (χ4v) is 14.0. The second-order valence-corrected chi connectivity index (χ2v) is 23.9. The summed E-state index contributed by atoms with van der Waals surface area (Å²) in [5.41, 5.74) is 0.919. The summed E-state index contributed by atoms with van der Waals surface area (Å²) in [6.07, 6.45) is -10.1. The maximum absolute atomic E-state index is 12.5. The number of aryl methyl sites for hydroxylation is 1. The van der Waals surface area contributed by atoms with Crippen molar-refractivity contribution in [1.82, 2.24) is 9.13 Å². The molecule has 3 aromatic heterocycles. The van der Waals surface area contributed by atoms with Gasteiger partial charge in [0.1, 0.15) is 45.6 Å². The van der Waals surface area contributed by atoms with E-state index < -0.39 is 109 Å². The average Bonchev–Trinajstić information content (AvgIpc) is 3.77. The fraction of sp³-hybridized carbons (Fsp3) is 0.407. The van der Waals surface area contributed by atoms with Crippen molar-refractivity contribution in [1.29, 1.82) is 0 Å². The Morgan fingerprint density at radius 2 is 1.16 bits per heavy atom. The molecule has 2 fully saturated rings. The largest absolute Gasteiger partial charge is 0.490 e. The summed E-state index contributed by atoms with van der Waals surface area (Å²) in [6, 6.07) is 8.51. The number of aliphatic hydroxyl groups excluding tert-OH is 3. The van der Waals surface area contributed by atoms with Crippen LogP contribution in [0.4, 0.5) is 0 Å². The lowest BCUT2D eigenvalue weighted by molar-refractivity contribution is -0.0525. The van der Waals surface area contributed by atoms with Gasteiger partial charge in [0.25, 0.3) is 0 Å². The zero-order chi connectivity index (χ0) is 47.5. The van der Waals surface area contributed by atoms with E-state index in [1.54, 1.807) is 18.2 Å². The third kappa shape index (κ3) is 12.6. The molecule has 28 nitrogen and oxygen atoms in total. The SMILES string of the molecule is Cc1ccc2c(=S)n([C@@H]3O[C@H](COP(=O)(O)OP(=O)(O)OP(=O)(O)O)C(O)C3Oc3csc4c(=S)n([C@@H]5O[C@H](COP(=O)(O)OP(=O)(O)OP(=O)(O)O)C(O)C5O)ccc34)ccc2c1. The average molecular weight is 1080 g/mol. The van der Waals surface area contributed by atoms with Crippen LogP contribution in [0.25, 0.3) is 20.9 Å². The van der Waals surface area contributed by atoms with Gasteiger partial charge in [-0.15, -0.1) is 11.3 Å². The van der Waals surface area contributed by atoms with Crippen LogP contribution in [-0.4, -0.2) is 113 Å². The molecular formula is C27H34N2O26P6S3. The lowest BCUT2D eigenvalue weighted by atomic mass is 10.1. The highest BCUT2D eigenvalue weighted by Gasteiger charge is 2.50. The summed E-state index contributed by atoms with van der Waals surface area (Å²) >= 11 is 12.4. The molecule has 2 aliphatic rings. The minimum Gasteiger partial charge on any atom is -0.481 e. The van der Waals surface area contributed by atoms with Crippen LogP contribution in [0.1, 0.15) is 18.0 Å². The summed E-state index contributed by atoms with van der Waals surface area (Å²) in [7, 11) is -34.4. The van der Waals surface area contributed by atoms with Gasteiger partial charge in [0, 0.05) is 28.5 Å². The van der Waals surface area contributed by atoms with Crippen molar-refractivity contribution >= 4 is 104 Å². The van der Waals surface area contributed by atoms with E-state index in [2.05, 4.69) is 21.8 Å². The van der Waals surface area contributed by atoms with E-state index in [1.807, 2.05) is 13.0 Å². The van der Waals surface area contributed by atoms with Gasteiger partial charge in [0.05, 0.1) is 17.9 Å². The Morgan fingerprint density at radius 3 is 1.72 bits per heavy atom. The Kier molecular flexibility index (Phi) is 15.6. The zero-order valence-electron chi connectivity index (χ0n) is 31.5. The molecule has 37 heteroatoms. The summed E-state index contributed by atoms with van der Waals surface area (Å²) in [5.74, 6) is 0.0640. The second kappa shape index (κ2) is 19.2. The molecule has 0 bridgehead atoms. The van der Waals surface area contributed by atoms with Gasteiger partial charge >= 0.3 is 46.9 Å². The Hall–Kier alpha value is -1.40. The van der Waals surface area contributed by atoms with Crippen LogP contribution in [0.3, 0.4) is 0 Å². The number of aromatic nitrogens is 2. The highest BCUT2D eigenvalue weighted by molar-refractivity contribution is 7.72. The van der Waals surface area contributed by atoms with E-state index in [0.29, 0.717) is 15.5 Å². The van der Waals surface area contributed by atoms with Gasteiger partial charge in [-0.3, -0.25) is 9.05 Å². The molecule has 2 saturated heterocycles. The van der Waals surface area contributed by atoms with E-state index >= 15 is 0 Å². The quantitative estimate of drug-likeness (QED) is 0.0502. The lowest BCUT2D eigenvalue weighted by Gasteiger charge is -2.24. The van der Waals surface area contributed by atoms with Crippen molar-refractivity contribution in [2.24, 2.45) is 0 Å². The van der Waals surface area contributed by atoms with E-state index in [0.717, 1.165) is 22.3 Å². The first-order valence-corrected chi connectivity index (χ1v) is 27.9. The molecule has 0 aliphatic carbocycles. The number of rotatable bonds is 18. The Balaban J connectivity index is 1.24. The maximum Gasteiger partial charge on any atom is 0.490 e. The number of ether oxygens (including phenoxy) is 3. The third-order valence-corrected chi connectivity index (χ3v) is 18.4. The van der Waals surface area contributed by atoms with Crippen LogP contribution in [0.2, 0.25) is 0 Å². The number of phosphoric acid groups is 6. The Morgan fingerprint density at radius 1 is 0.641 bits per heavy atom. The van der Waals surface area contributed by atoms with Crippen LogP contribution in [0, 0.1) is 16.2 Å². The molecule has 4 aromatic rings. The van der Waals surface area contributed by atoms with Crippen LogP contribution in [0.15, 0.2) is 48.1 Å². The van der Waals surface area contributed by atoms with Gasteiger partial charge in [0.2, 0.25) is 0 Å². The number of thiophene rings is 1. The lowest BCUT2D eigenvalue weighted by Crippen LogP contribution is -2.38. The summed E-state index contributed by atoms with van der Waals surface area (Å²) in [4.78, 5) is 73.9. The first kappa shape index (κ1) is 52.0. The van der Waals surface area contributed by atoms with Crippen molar-refractivity contribution in [2.75, 3.05) is 13.2 Å². The van der Waals surface area contributed by atoms with Crippen molar-refractivity contribution in [3.05, 3.63) is 63.0 Å². The number of benzene rings is 1. The normalized spacial score (nSPS) is 28.1. The van der Waals surface area contributed by atoms with E-state index in [-0.39, 0.29) is 15.0 Å². The molecule has 0 radical (unpaired) electrons. The smallest absolute Gasteiger partial charge is 0.481 e. The molecule has 1 aromatic carbocycles.